The van der Waals surface area contributed by atoms with Crippen LogP contribution in [0, 0.1) is 6.92 Å². The summed E-state index contributed by atoms with van der Waals surface area (Å²) < 4.78 is 27.3. The number of nitrogens with zero attached hydrogens (tertiary/aromatic N) is 1. The van der Waals surface area contributed by atoms with Crippen LogP contribution in [0.1, 0.15) is 27.2 Å². The second-order valence-corrected chi connectivity index (χ2v) is 8.11. The molecule has 2 aromatic carbocycles. The first-order valence-electron chi connectivity index (χ1n) is 8.77. The molecule has 7 heteroatoms. The lowest BCUT2D eigenvalue weighted by Gasteiger charge is -2.08. The number of benzene rings is 2. The average molecular weight is 395 g/mol. The Hall–Kier alpha value is -3.03. The van der Waals surface area contributed by atoms with Crippen LogP contribution in [0.2, 0.25) is 0 Å². The predicted octanol–water partition coefficient (Wildman–Crippen LogP) is 2.80. The summed E-state index contributed by atoms with van der Waals surface area (Å²) in [6.07, 6.45) is 1.60. The van der Waals surface area contributed by atoms with Gasteiger partial charge in [-0.25, -0.2) is 13.1 Å². The van der Waals surface area contributed by atoms with E-state index in [4.69, 9.17) is 0 Å². The van der Waals surface area contributed by atoms with E-state index in [1.54, 1.807) is 24.4 Å². The second kappa shape index (κ2) is 8.77. The van der Waals surface area contributed by atoms with Crippen molar-refractivity contribution in [3.63, 3.8) is 0 Å². The summed E-state index contributed by atoms with van der Waals surface area (Å²) in [5.74, 6) is -0.258. The van der Waals surface area contributed by atoms with E-state index in [1.165, 1.54) is 24.3 Å². The number of hydrogen-bond acceptors (Lipinski definition) is 4. The zero-order chi connectivity index (χ0) is 20.0. The topological polar surface area (TPSA) is 88.2 Å². The second-order valence-electron chi connectivity index (χ2n) is 6.34. The van der Waals surface area contributed by atoms with Crippen molar-refractivity contribution in [3.8, 4) is 0 Å². The number of hydrogen-bond donors (Lipinski definition) is 2. The lowest BCUT2D eigenvalue weighted by Crippen LogP contribution is -2.24. The quantitative estimate of drug-likeness (QED) is 0.644. The van der Waals surface area contributed by atoms with E-state index < -0.39 is 10.0 Å². The third-order valence-electron chi connectivity index (χ3n) is 4.17. The van der Waals surface area contributed by atoms with Gasteiger partial charge >= 0.3 is 0 Å². The molecule has 3 rings (SSSR count). The molecular weight excluding hydrogens is 374 g/mol. The van der Waals surface area contributed by atoms with Crippen molar-refractivity contribution in [2.24, 2.45) is 0 Å². The van der Waals surface area contributed by atoms with Crippen molar-refractivity contribution < 1.29 is 13.2 Å². The minimum atomic E-state index is -3.68. The summed E-state index contributed by atoms with van der Waals surface area (Å²) >= 11 is 0. The van der Waals surface area contributed by atoms with Crippen LogP contribution in [0.15, 0.2) is 77.8 Å². The minimum absolute atomic E-state index is 0.0958. The maximum absolute atomic E-state index is 12.4. The van der Waals surface area contributed by atoms with Gasteiger partial charge in [-0.3, -0.25) is 9.78 Å². The van der Waals surface area contributed by atoms with Gasteiger partial charge in [0.25, 0.3) is 5.91 Å². The molecule has 0 bridgehead atoms. The van der Waals surface area contributed by atoms with Gasteiger partial charge in [0.15, 0.2) is 0 Å². The number of pyridine rings is 1. The fourth-order valence-electron chi connectivity index (χ4n) is 2.53. The van der Waals surface area contributed by atoms with Crippen LogP contribution in [0.5, 0.6) is 0 Å². The molecule has 1 amide bonds. The SMILES string of the molecule is Cc1ccc(CNC(=O)c2ccc(S(=O)(=O)NCc3ccccn3)cc2)cc1. The first kappa shape index (κ1) is 19.7. The number of nitrogens with one attached hydrogen (secondary N) is 2. The van der Waals surface area contributed by atoms with Crippen molar-refractivity contribution in [2.45, 2.75) is 24.9 Å². The minimum Gasteiger partial charge on any atom is -0.348 e. The third kappa shape index (κ3) is 5.25. The van der Waals surface area contributed by atoms with Crippen molar-refractivity contribution in [1.82, 2.24) is 15.0 Å². The number of carbonyl (C=O) groups is 1. The van der Waals surface area contributed by atoms with Gasteiger partial charge in [0.2, 0.25) is 10.0 Å². The number of rotatable bonds is 7. The normalized spacial score (nSPS) is 11.2. The molecule has 144 valence electrons. The van der Waals surface area contributed by atoms with E-state index in [1.807, 2.05) is 31.2 Å². The van der Waals surface area contributed by atoms with Crippen LogP contribution in [-0.4, -0.2) is 19.3 Å². The van der Waals surface area contributed by atoms with Gasteiger partial charge in [-0.05, 0) is 48.9 Å². The summed E-state index contributed by atoms with van der Waals surface area (Å²) in [5.41, 5.74) is 3.18. The predicted molar refractivity (Wildman–Crippen MR) is 107 cm³/mol. The summed E-state index contributed by atoms with van der Waals surface area (Å²) in [5, 5.41) is 2.83. The highest BCUT2D eigenvalue weighted by Gasteiger charge is 2.15. The number of amides is 1. The van der Waals surface area contributed by atoms with Crippen molar-refractivity contribution >= 4 is 15.9 Å². The van der Waals surface area contributed by atoms with Gasteiger partial charge in [0.1, 0.15) is 0 Å². The summed E-state index contributed by atoms with van der Waals surface area (Å²) in [4.78, 5) is 16.5. The Morgan fingerprint density at radius 1 is 0.929 bits per heavy atom. The smallest absolute Gasteiger partial charge is 0.251 e. The highest BCUT2D eigenvalue weighted by molar-refractivity contribution is 7.89. The molecule has 0 atom stereocenters. The van der Waals surface area contributed by atoms with Crippen LogP contribution in [0.3, 0.4) is 0 Å². The van der Waals surface area contributed by atoms with Crippen LogP contribution in [-0.2, 0) is 23.1 Å². The molecule has 0 unspecified atom stereocenters. The van der Waals surface area contributed by atoms with Crippen LogP contribution < -0.4 is 10.0 Å². The lowest BCUT2D eigenvalue weighted by atomic mass is 10.1. The molecule has 0 aliphatic heterocycles. The van der Waals surface area contributed by atoms with Crippen LogP contribution >= 0.6 is 0 Å². The molecule has 28 heavy (non-hydrogen) atoms. The molecule has 2 N–H and O–H groups in total. The van der Waals surface area contributed by atoms with Gasteiger partial charge in [-0.1, -0.05) is 35.9 Å². The molecule has 0 spiro atoms. The number of carbonyl (C=O) groups excluding carboxylic acids is 1. The van der Waals surface area contributed by atoms with Gasteiger partial charge in [-0.15, -0.1) is 0 Å². The van der Waals surface area contributed by atoms with E-state index in [2.05, 4.69) is 15.0 Å². The Morgan fingerprint density at radius 3 is 2.29 bits per heavy atom. The summed E-state index contributed by atoms with van der Waals surface area (Å²) in [7, 11) is -3.68. The molecule has 0 aliphatic carbocycles. The van der Waals surface area contributed by atoms with Gasteiger partial charge in [0, 0.05) is 18.3 Å². The molecule has 6 nitrogen and oxygen atoms in total. The van der Waals surface area contributed by atoms with Crippen molar-refractivity contribution in [1.29, 1.82) is 0 Å². The molecule has 0 saturated carbocycles. The number of aromatic nitrogens is 1. The third-order valence-corrected chi connectivity index (χ3v) is 5.59. The zero-order valence-corrected chi connectivity index (χ0v) is 16.2. The highest BCUT2D eigenvalue weighted by Crippen LogP contribution is 2.12. The molecule has 0 aliphatic rings. The van der Waals surface area contributed by atoms with E-state index >= 15 is 0 Å². The van der Waals surface area contributed by atoms with Crippen LogP contribution in [0.25, 0.3) is 0 Å². The first-order chi connectivity index (χ1) is 13.4. The Labute approximate surface area is 164 Å². The van der Waals surface area contributed by atoms with E-state index in [0.717, 1.165) is 11.1 Å². The average Bonchev–Trinajstić information content (AvgIpc) is 2.72. The fourth-order valence-corrected chi connectivity index (χ4v) is 3.53. The number of sulfonamides is 1. The Kier molecular flexibility index (Phi) is 6.18. The standard InChI is InChI=1S/C21H21N3O3S/c1-16-5-7-17(8-6-16)14-23-21(25)18-9-11-20(12-10-18)28(26,27)24-15-19-4-2-3-13-22-19/h2-13,24H,14-15H2,1H3,(H,23,25). The summed E-state index contributed by atoms with van der Waals surface area (Å²) in [6, 6.07) is 19.0. The Balaban J connectivity index is 1.60. The molecule has 0 radical (unpaired) electrons. The van der Waals surface area contributed by atoms with Gasteiger partial charge < -0.3 is 5.32 Å². The fraction of sp³-hybridized carbons (Fsp3) is 0.143. The maximum atomic E-state index is 12.4. The van der Waals surface area contributed by atoms with E-state index in [0.29, 0.717) is 17.8 Å². The Bertz CT molecular complexity index is 1030. The summed E-state index contributed by atoms with van der Waals surface area (Å²) in [6.45, 7) is 2.51. The lowest BCUT2D eigenvalue weighted by molar-refractivity contribution is 0.0951. The van der Waals surface area contributed by atoms with Crippen LogP contribution in [0.4, 0.5) is 0 Å². The molecule has 1 heterocycles. The highest BCUT2D eigenvalue weighted by atomic mass is 32.2. The molecule has 1 aromatic heterocycles. The van der Waals surface area contributed by atoms with Crippen molar-refractivity contribution in [3.05, 3.63) is 95.3 Å². The molecule has 0 saturated heterocycles. The largest absolute Gasteiger partial charge is 0.348 e. The monoisotopic (exact) mass is 395 g/mol. The first-order valence-corrected chi connectivity index (χ1v) is 10.3. The van der Waals surface area contributed by atoms with Crippen molar-refractivity contribution in [2.75, 3.05) is 0 Å². The molecular formula is C21H21N3O3S. The maximum Gasteiger partial charge on any atom is 0.251 e. The molecule has 0 fully saturated rings. The van der Waals surface area contributed by atoms with Gasteiger partial charge in [0.05, 0.1) is 17.1 Å². The molecule has 3 aromatic rings. The van der Waals surface area contributed by atoms with E-state index in [-0.39, 0.29) is 17.3 Å². The zero-order valence-electron chi connectivity index (χ0n) is 15.4. The number of aryl methyl sites for hydroxylation is 1. The Morgan fingerprint density at radius 2 is 1.64 bits per heavy atom. The van der Waals surface area contributed by atoms with E-state index in [9.17, 15) is 13.2 Å². The van der Waals surface area contributed by atoms with Gasteiger partial charge in [-0.2, -0.15) is 0 Å².